The van der Waals surface area contributed by atoms with Crippen LogP contribution in [0.3, 0.4) is 0 Å². The molecule has 0 aromatic heterocycles. The van der Waals surface area contributed by atoms with Gasteiger partial charge in [-0.05, 0) is 18.1 Å². The molecule has 0 heterocycles. The highest BCUT2D eigenvalue weighted by atomic mass is 32.2. The molecule has 0 saturated heterocycles. The lowest BCUT2D eigenvalue weighted by atomic mass is 10.1. The van der Waals surface area contributed by atoms with Crippen molar-refractivity contribution < 1.29 is 26.7 Å². The number of sulfonamides is 1. The van der Waals surface area contributed by atoms with Gasteiger partial charge in [-0.15, -0.1) is 0 Å². The van der Waals surface area contributed by atoms with E-state index < -0.39 is 44.5 Å². The number of benzene rings is 1. The minimum atomic E-state index is -4.52. The Balaban J connectivity index is 3.20. The van der Waals surface area contributed by atoms with Gasteiger partial charge in [0.1, 0.15) is 17.7 Å². The lowest BCUT2D eigenvalue weighted by molar-refractivity contribution is -0.143. The average Bonchev–Trinajstić information content (AvgIpc) is 2.34. The van der Waals surface area contributed by atoms with Crippen molar-refractivity contribution in [3.8, 4) is 0 Å². The Labute approximate surface area is 116 Å². The van der Waals surface area contributed by atoms with Crippen molar-refractivity contribution in [2.24, 2.45) is 5.92 Å². The third-order valence-corrected chi connectivity index (χ3v) is 4.08. The third-order valence-electron chi connectivity index (χ3n) is 2.59. The number of nitrogens with one attached hydrogen (secondary N) is 1. The summed E-state index contributed by atoms with van der Waals surface area (Å²) in [5.74, 6) is -3.75. The number of methoxy groups -OCH3 is 1. The van der Waals surface area contributed by atoms with Gasteiger partial charge in [-0.25, -0.2) is 17.2 Å². The van der Waals surface area contributed by atoms with Gasteiger partial charge in [0.15, 0.2) is 4.90 Å². The lowest BCUT2D eigenvalue weighted by Crippen LogP contribution is -2.45. The van der Waals surface area contributed by atoms with E-state index in [9.17, 15) is 22.0 Å². The second-order valence-electron chi connectivity index (χ2n) is 4.42. The van der Waals surface area contributed by atoms with Crippen LogP contribution in [-0.2, 0) is 19.6 Å². The van der Waals surface area contributed by atoms with Gasteiger partial charge >= 0.3 is 5.97 Å². The van der Waals surface area contributed by atoms with E-state index in [0.29, 0.717) is 0 Å². The minimum absolute atomic E-state index is 0.452. The van der Waals surface area contributed by atoms with Crippen LogP contribution in [0.1, 0.15) is 13.8 Å². The van der Waals surface area contributed by atoms with Gasteiger partial charge in [-0.2, -0.15) is 4.72 Å². The number of carbonyl (C=O) groups excluding carboxylic acids is 1. The second kappa shape index (κ2) is 6.27. The van der Waals surface area contributed by atoms with Gasteiger partial charge < -0.3 is 4.74 Å². The molecule has 0 aliphatic rings. The summed E-state index contributed by atoms with van der Waals surface area (Å²) in [5.41, 5.74) is 0. The Morgan fingerprint density at radius 3 is 2.15 bits per heavy atom. The van der Waals surface area contributed by atoms with Crippen LogP contribution in [0.4, 0.5) is 8.78 Å². The third kappa shape index (κ3) is 3.51. The van der Waals surface area contributed by atoms with Crippen molar-refractivity contribution in [1.29, 1.82) is 0 Å². The Morgan fingerprint density at radius 1 is 1.25 bits per heavy atom. The van der Waals surface area contributed by atoms with E-state index in [1.165, 1.54) is 0 Å². The van der Waals surface area contributed by atoms with Crippen molar-refractivity contribution in [1.82, 2.24) is 4.72 Å². The van der Waals surface area contributed by atoms with Gasteiger partial charge in [0.25, 0.3) is 0 Å². The number of carbonyl (C=O) groups is 1. The maximum atomic E-state index is 13.5. The molecule has 5 nitrogen and oxygen atoms in total. The Hall–Kier alpha value is -1.54. The largest absolute Gasteiger partial charge is 0.468 e. The number of hydrogen-bond donors (Lipinski definition) is 1. The van der Waals surface area contributed by atoms with Crippen molar-refractivity contribution in [2.75, 3.05) is 7.11 Å². The number of halogens is 2. The molecule has 1 aromatic carbocycles. The molecule has 1 N–H and O–H groups in total. The van der Waals surface area contributed by atoms with E-state index in [0.717, 1.165) is 25.3 Å². The fraction of sp³-hybridized carbons (Fsp3) is 0.417. The fourth-order valence-corrected chi connectivity index (χ4v) is 3.02. The first-order valence-corrected chi connectivity index (χ1v) is 7.23. The summed E-state index contributed by atoms with van der Waals surface area (Å²) in [6.45, 7) is 3.14. The van der Waals surface area contributed by atoms with Crippen molar-refractivity contribution >= 4 is 16.0 Å². The SMILES string of the molecule is COC(=O)C(NS(=O)(=O)c1c(F)cccc1F)C(C)C. The molecular weight excluding hydrogens is 292 g/mol. The molecule has 112 valence electrons. The molecule has 1 unspecified atom stereocenters. The van der Waals surface area contributed by atoms with Crippen LogP contribution in [0.2, 0.25) is 0 Å². The molecule has 0 aliphatic heterocycles. The summed E-state index contributed by atoms with van der Waals surface area (Å²) in [4.78, 5) is 10.4. The predicted octanol–water partition coefficient (Wildman–Crippen LogP) is 1.44. The lowest BCUT2D eigenvalue weighted by Gasteiger charge is -2.20. The minimum Gasteiger partial charge on any atom is -0.468 e. The maximum absolute atomic E-state index is 13.5. The van der Waals surface area contributed by atoms with Crippen molar-refractivity contribution in [3.05, 3.63) is 29.8 Å². The summed E-state index contributed by atoms with van der Waals surface area (Å²) in [6, 6.07) is 1.45. The summed E-state index contributed by atoms with van der Waals surface area (Å²) >= 11 is 0. The van der Waals surface area contributed by atoms with E-state index in [1.807, 2.05) is 4.72 Å². The molecule has 1 aromatic rings. The molecule has 1 rings (SSSR count). The number of rotatable bonds is 5. The Morgan fingerprint density at radius 2 is 1.75 bits per heavy atom. The highest BCUT2D eigenvalue weighted by Gasteiger charge is 2.32. The van der Waals surface area contributed by atoms with Crippen molar-refractivity contribution in [2.45, 2.75) is 24.8 Å². The molecule has 0 bridgehead atoms. The number of ether oxygens (including phenoxy) is 1. The van der Waals surface area contributed by atoms with E-state index in [2.05, 4.69) is 4.74 Å². The molecule has 0 fully saturated rings. The topological polar surface area (TPSA) is 72.5 Å². The first-order valence-electron chi connectivity index (χ1n) is 5.75. The Kier molecular flexibility index (Phi) is 5.18. The smallest absolute Gasteiger partial charge is 0.324 e. The van der Waals surface area contributed by atoms with Gasteiger partial charge in [-0.3, -0.25) is 4.79 Å². The highest BCUT2D eigenvalue weighted by Crippen LogP contribution is 2.19. The summed E-state index contributed by atoms with van der Waals surface area (Å²) in [7, 11) is -3.43. The number of esters is 1. The van der Waals surface area contributed by atoms with Gasteiger partial charge in [0.05, 0.1) is 7.11 Å². The van der Waals surface area contributed by atoms with Crippen LogP contribution in [-0.4, -0.2) is 27.5 Å². The highest BCUT2D eigenvalue weighted by molar-refractivity contribution is 7.89. The molecule has 8 heteroatoms. The molecule has 20 heavy (non-hydrogen) atoms. The molecule has 1 atom stereocenters. The van der Waals surface area contributed by atoms with E-state index in [1.54, 1.807) is 13.8 Å². The first kappa shape index (κ1) is 16.5. The van der Waals surface area contributed by atoms with Gasteiger partial charge in [-0.1, -0.05) is 19.9 Å². The van der Waals surface area contributed by atoms with Crippen molar-refractivity contribution in [3.63, 3.8) is 0 Å². The standard InChI is InChI=1S/C12H15F2NO4S/c1-7(2)10(12(16)19-3)15-20(17,18)11-8(13)5-4-6-9(11)14/h4-7,10,15H,1-3H3. The summed E-state index contributed by atoms with van der Waals surface area (Å²) in [5, 5.41) is 0. The molecule has 0 radical (unpaired) electrons. The van der Waals surface area contributed by atoms with Gasteiger partial charge in [0.2, 0.25) is 10.0 Å². The molecule has 0 amide bonds. The maximum Gasteiger partial charge on any atom is 0.324 e. The predicted molar refractivity (Wildman–Crippen MR) is 67.3 cm³/mol. The van der Waals surface area contributed by atoms with E-state index in [4.69, 9.17) is 0 Å². The van der Waals surface area contributed by atoms with Crippen LogP contribution >= 0.6 is 0 Å². The quantitative estimate of drug-likeness (QED) is 0.836. The normalized spacial score (nSPS) is 13.3. The molecule has 0 spiro atoms. The van der Waals surface area contributed by atoms with Crippen LogP contribution in [0.25, 0.3) is 0 Å². The average molecular weight is 307 g/mol. The number of hydrogen-bond acceptors (Lipinski definition) is 4. The molecular formula is C12H15F2NO4S. The van der Waals surface area contributed by atoms with E-state index in [-0.39, 0.29) is 0 Å². The van der Waals surface area contributed by atoms with Crippen LogP contribution in [0.5, 0.6) is 0 Å². The Bertz CT molecular complexity index is 581. The zero-order valence-corrected chi connectivity index (χ0v) is 12.0. The zero-order valence-electron chi connectivity index (χ0n) is 11.2. The summed E-state index contributed by atoms with van der Waals surface area (Å²) in [6.07, 6.45) is 0. The zero-order chi connectivity index (χ0) is 15.5. The summed E-state index contributed by atoms with van der Waals surface area (Å²) < 4.78 is 57.5. The van der Waals surface area contributed by atoms with E-state index >= 15 is 0 Å². The van der Waals surface area contributed by atoms with Crippen LogP contribution < -0.4 is 4.72 Å². The van der Waals surface area contributed by atoms with Crippen LogP contribution in [0, 0.1) is 17.6 Å². The fourth-order valence-electron chi connectivity index (χ4n) is 1.55. The van der Waals surface area contributed by atoms with Gasteiger partial charge in [0, 0.05) is 0 Å². The molecule has 0 saturated carbocycles. The molecule has 0 aliphatic carbocycles. The van der Waals surface area contributed by atoms with Crippen LogP contribution in [0.15, 0.2) is 23.1 Å². The second-order valence-corrected chi connectivity index (χ2v) is 6.07. The monoisotopic (exact) mass is 307 g/mol. The first-order chi connectivity index (χ1) is 9.20.